The highest BCUT2D eigenvalue weighted by atomic mass is 32.2. The lowest BCUT2D eigenvalue weighted by molar-refractivity contribution is 0.425. The van der Waals surface area contributed by atoms with E-state index in [4.69, 9.17) is 5.73 Å². The Morgan fingerprint density at radius 2 is 1.85 bits per heavy atom. The van der Waals surface area contributed by atoms with Crippen LogP contribution < -0.4 is 16.4 Å². The van der Waals surface area contributed by atoms with E-state index in [1.54, 1.807) is 0 Å². The molecule has 27 heavy (non-hydrogen) atoms. The summed E-state index contributed by atoms with van der Waals surface area (Å²) in [5.74, 6) is 1.04. The zero-order chi connectivity index (χ0) is 19.4. The second-order valence-electron chi connectivity index (χ2n) is 6.41. The molecule has 0 bridgehead atoms. The number of rotatable bonds is 7. The molecule has 0 aliphatic heterocycles. The van der Waals surface area contributed by atoms with E-state index in [-0.39, 0.29) is 0 Å². The number of nitrogens with two attached hydrogens (primary N) is 1. The number of hydrogen-bond donors (Lipinski definition) is 3. The molecule has 0 spiro atoms. The first-order valence-electron chi connectivity index (χ1n) is 8.57. The number of likely N-dealkylation sites (N-methyl/N-ethyl adjacent to an activating group) is 1. The third-order valence-electron chi connectivity index (χ3n) is 3.86. The Balaban J connectivity index is 1.84. The molecule has 3 aromatic rings. The zero-order valence-electron chi connectivity index (χ0n) is 15.9. The zero-order valence-corrected chi connectivity index (χ0v) is 16.8. The maximum absolute atomic E-state index is 6.14. The third-order valence-corrected chi connectivity index (χ3v) is 4.41. The quantitative estimate of drug-likeness (QED) is 0.530. The molecule has 0 saturated carbocycles. The summed E-state index contributed by atoms with van der Waals surface area (Å²) in [7, 11) is 4.05. The van der Waals surface area contributed by atoms with Gasteiger partial charge in [-0.1, -0.05) is 11.8 Å². The van der Waals surface area contributed by atoms with Gasteiger partial charge in [-0.2, -0.15) is 15.0 Å². The van der Waals surface area contributed by atoms with Gasteiger partial charge in [0.15, 0.2) is 5.16 Å². The Hall–Kier alpha value is -2.65. The summed E-state index contributed by atoms with van der Waals surface area (Å²) in [6.45, 7) is 3.57. The summed E-state index contributed by atoms with van der Waals surface area (Å²) in [5.41, 5.74) is 9.45. The van der Waals surface area contributed by atoms with Gasteiger partial charge in [0, 0.05) is 35.5 Å². The van der Waals surface area contributed by atoms with Crippen LogP contribution in [0.2, 0.25) is 0 Å². The number of aromatic nitrogens is 4. The van der Waals surface area contributed by atoms with Crippen LogP contribution in [0.25, 0.3) is 10.9 Å². The maximum atomic E-state index is 6.14. The average Bonchev–Trinajstić information content (AvgIpc) is 2.61. The fraction of sp³-hybridized carbons (Fsp3) is 0.333. The monoisotopic (exact) mass is 384 g/mol. The smallest absolute Gasteiger partial charge is 0.233 e. The van der Waals surface area contributed by atoms with Crippen molar-refractivity contribution in [3.63, 3.8) is 0 Å². The van der Waals surface area contributed by atoms with Crippen molar-refractivity contribution in [1.29, 1.82) is 0 Å². The number of nitrogens with zero attached hydrogens (tertiary/aromatic N) is 5. The van der Waals surface area contributed by atoms with Gasteiger partial charge in [-0.3, -0.25) is 4.98 Å². The minimum atomic E-state index is 0.486. The number of aryl methyl sites for hydroxylation is 1. The highest BCUT2D eigenvalue weighted by molar-refractivity contribution is 7.98. The molecule has 0 saturated heterocycles. The molecule has 0 unspecified atom stereocenters. The minimum absolute atomic E-state index is 0.486. The fourth-order valence-corrected chi connectivity index (χ4v) is 2.93. The van der Waals surface area contributed by atoms with Gasteiger partial charge in [0.1, 0.15) is 0 Å². The molecule has 2 aromatic heterocycles. The van der Waals surface area contributed by atoms with E-state index < -0.39 is 0 Å². The van der Waals surface area contributed by atoms with Gasteiger partial charge in [0.05, 0.1) is 5.52 Å². The molecule has 3 rings (SSSR count). The van der Waals surface area contributed by atoms with Gasteiger partial charge >= 0.3 is 0 Å². The minimum Gasteiger partial charge on any atom is -0.398 e. The topological polar surface area (TPSA) is 105 Å². The number of nitrogens with one attached hydrogen (secondary N) is 2. The molecule has 4 N–H and O–H groups in total. The normalized spacial score (nSPS) is 11.1. The molecular weight excluding hydrogens is 360 g/mol. The third kappa shape index (κ3) is 4.95. The van der Waals surface area contributed by atoms with Gasteiger partial charge in [0.25, 0.3) is 0 Å². The lowest BCUT2D eigenvalue weighted by Crippen LogP contribution is -2.21. The van der Waals surface area contributed by atoms with Gasteiger partial charge in [0.2, 0.25) is 11.9 Å². The highest BCUT2D eigenvalue weighted by Crippen LogP contribution is 2.25. The van der Waals surface area contributed by atoms with Crippen molar-refractivity contribution in [3.05, 3.63) is 30.0 Å². The molecule has 2 heterocycles. The Morgan fingerprint density at radius 3 is 2.59 bits per heavy atom. The Labute approximate surface area is 163 Å². The van der Waals surface area contributed by atoms with Crippen LogP contribution >= 0.6 is 11.8 Å². The average molecular weight is 385 g/mol. The van der Waals surface area contributed by atoms with E-state index in [0.29, 0.717) is 22.7 Å². The van der Waals surface area contributed by atoms with Crippen LogP contribution in [-0.2, 0) is 0 Å². The number of anilines is 4. The van der Waals surface area contributed by atoms with E-state index in [2.05, 4.69) is 35.5 Å². The van der Waals surface area contributed by atoms with E-state index in [1.807, 2.05) is 51.5 Å². The van der Waals surface area contributed by atoms with E-state index in [0.717, 1.165) is 35.4 Å². The number of hydrogen-bond acceptors (Lipinski definition) is 9. The lowest BCUT2D eigenvalue weighted by atomic mass is 10.1. The molecular formula is C18H24N8S. The first kappa shape index (κ1) is 19.1. The van der Waals surface area contributed by atoms with E-state index >= 15 is 0 Å². The van der Waals surface area contributed by atoms with Crippen molar-refractivity contribution < 1.29 is 0 Å². The van der Waals surface area contributed by atoms with Crippen LogP contribution in [0.5, 0.6) is 0 Å². The second-order valence-corrected chi connectivity index (χ2v) is 7.18. The highest BCUT2D eigenvalue weighted by Gasteiger charge is 2.08. The van der Waals surface area contributed by atoms with Crippen molar-refractivity contribution in [3.8, 4) is 0 Å². The van der Waals surface area contributed by atoms with Crippen LogP contribution in [0.3, 0.4) is 0 Å². The fourth-order valence-electron chi connectivity index (χ4n) is 2.57. The SMILES string of the molecule is CSc1nc(NCCN(C)C)nc(Nc2ccc3nc(C)cc(N)c3c2)n1. The summed E-state index contributed by atoms with van der Waals surface area (Å²) in [6, 6.07) is 7.70. The van der Waals surface area contributed by atoms with E-state index in [9.17, 15) is 0 Å². The maximum Gasteiger partial charge on any atom is 0.233 e. The molecule has 9 heteroatoms. The first-order chi connectivity index (χ1) is 12.9. The lowest BCUT2D eigenvalue weighted by Gasteiger charge is -2.12. The number of benzene rings is 1. The summed E-state index contributed by atoms with van der Waals surface area (Å²) in [6.07, 6.45) is 1.94. The summed E-state index contributed by atoms with van der Waals surface area (Å²) >= 11 is 1.47. The second kappa shape index (κ2) is 8.36. The first-order valence-corrected chi connectivity index (χ1v) is 9.79. The van der Waals surface area contributed by atoms with Gasteiger partial charge in [-0.25, -0.2) is 0 Å². The molecule has 1 aromatic carbocycles. The molecule has 0 aliphatic rings. The van der Waals surface area contributed by atoms with Gasteiger partial charge in [-0.15, -0.1) is 0 Å². The van der Waals surface area contributed by atoms with E-state index in [1.165, 1.54) is 11.8 Å². The van der Waals surface area contributed by atoms with Crippen molar-refractivity contribution in [1.82, 2.24) is 24.8 Å². The van der Waals surface area contributed by atoms with Crippen LogP contribution in [0.4, 0.5) is 23.3 Å². The van der Waals surface area contributed by atoms with Gasteiger partial charge in [-0.05, 0) is 51.5 Å². The predicted octanol–water partition coefficient (Wildman–Crippen LogP) is 2.75. The standard InChI is InChI=1S/C18H24N8S/c1-11-9-14(19)13-10-12(5-6-15(13)21-11)22-17-23-16(20-7-8-26(2)3)24-18(25-17)27-4/h5-6,9-10H,7-8H2,1-4H3,(H2,19,21)(H2,20,22,23,24,25). The number of pyridine rings is 1. The van der Waals surface area contributed by atoms with Crippen LogP contribution in [0.1, 0.15) is 5.69 Å². The largest absolute Gasteiger partial charge is 0.398 e. The van der Waals surface area contributed by atoms with Crippen molar-refractivity contribution in [2.75, 3.05) is 49.8 Å². The Morgan fingerprint density at radius 1 is 1.07 bits per heavy atom. The van der Waals surface area contributed by atoms with Crippen molar-refractivity contribution >= 4 is 45.9 Å². The molecule has 8 nitrogen and oxygen atoms in total. The van der Waals surface area contributed by atoms with Crippen LogP contribution in [0, 0.1) is 6.92 Å². The molecule has 0 amide bonds. The Kier molecular flexibility index (Phi) is 5.92. The Bertz CT molecular complexity index is 944. The molecule has 0 aliphatic carbocycles. The van der Waals surface area contributed by atoms with Crippen molar-refractivity contribution in [2.24, 2.45) is 0 Å². The number of fused-ring (bicyclic) bond motifs is 1. The summed E-state index contributed by atoms with van der Waals surface area (Å²) in [4.78, 5) is 19.9. The molecule has 142 valence electrons. The van der Waals surface area contributed by atoms with Crippen LogP contribution in [-0.4, -0.2) is 58.3 Å². The molecule has 0 fully saturated rings. The predicted molar refractivity (Wildman–Crippen MR) is 113 cm³/mol. The molecule has 0 atom stereocenters. The van der Waals surface area contributed by atoms with Crippen LogP contribution in [0.15, 0.2) is 29.4 Å². The van der Waals surface area contributed by atoms with Crippen molar-refractivity contribution in [2.45, 2.75) is 12.1 Å². The number of thioether (sulfide) groups is 1. The van der Waals surface area contributed by atoms with Gasteiger partial charge < -0.3 is 21.3 Å². The molecule has 0 radical (unpaired) electrons. The summed E-state index contributed by atoms with van der Waals surface area (Å²) < 4.78 is 0. The summed E-state index contributed by atoms with van der Waals surface area (Å²) in [5, 5.41) is 8.03. The number of nitrogen functional groups attached to an aromatic ring is 1.